The second-order valence-electron chi connectivity index (χ2n) is 14.8. The molecule has 0 aromatic heterocycles. The van der Waals surface area contributed by atoms with Crippen molar-refractivity contribution in [2.24, 2.45) is 17.8 Å². The molecule has 1 saturated heterocycles. The summed E-state index contributed by atoms with van der Waals surface area (Å²) in [7, 11) is -8.43. The number of rotatable bonds is 26. The molecule has 306 valence electrons. The van der Waals surface area contributed by atoms with Crippen LogP contribution in [0.15, 0.2) is 72.8 Å². The quantitative estimate of drug-likeness (QED) is 0.0633. The molecule has 0 radical (unpaired) electrons. The average molecular weight is 873 g/mol. The van der Waals surface area contributed by atoms with Gasteiger partial charge in [0, 0.05) is 93.7 Å². The lowest BCUT2D eigenvalue weighted by Gasteiger charge is -2.37. The summed E-state index contributed by atoms with van der Waals surface area (Å²) in [5, 5.41) is 0. The van der Waals surface area contributed by atoms with E-state index in [0.29, 0.717) is 87.9 Å². The first-order chi connectivity index (χ1) is 26.6. The molecule has 0 aliphatic carbocycles. The molecule has 1 heterocycles. The SMILES string of the molecule is CCO[Si](CCc1ccc(CCl)cc1)(OCC(C)CO[SiH](O)CCc1ccc(CCl)cc1)OCC(C)CO[Si]1(CCc2ccc(CCl)cc2)OCC(C)CO1. The van der Waals surface area contributed by atoms with Gasteiger partial charge in [0.1, 0.15) is 0 Å². The van der Waals surface area contributed by atoms with Crippen molar-refractivity contribution in [3.63, 3.8) is 0 Å². The van der Waals surface area contributed by atoms with E-state index in [-0.39, 0.29) is 11.8 Å². The van der Waals surface area contributed by atoms with Gasteiger partial charge >= 0.3 is 26.9 Å². The predicted molar refractivity (Wildman–Crippen MR) is 229 cm³/mol. The van der Waals surface area contributed by atoms with Crippen LogP contribution in [0.25, 0.3) is 0 Å². The zero-order valence-corrected chi connectivity index (χ0v) is 38.4. The molecule has 4 rings (SSSR count). The third-order valence-corrected chi connectivity index (χ3v) is 17.3. The van der Waals surface area contributed by atoms with Crippen LogP contribution in [0.1, 0.15) is 61.1 Å². The Morgan fingerprint density at radius 1 is 0.691 bits per heavy atom. The monoisotopic (exact) mass is 870 g/mol. The van der Waals surface area contributed by atoms with Crippen LogP contribution < -0.4 is 0 Å². The van der Waals surface area contributed by atoms with Crippen molar-refractivity contribution in [1.82, 2.24) is 0 Å². The van der Waals surface area contributed by atoms with Gasteiger partial charge in [0.2, 0.25) is 0 Å². The standard InChI is InChI=1S/C41H61Cl3O8Si3/c1-5-47-54(22-19-37-8-14-40(25-43)15-9-37,48-28-33(2)27-46-53(45)21-18-36-6-12-39(24-42)13-7-36)49-29-34(3)30-50-55(51-31-35(4)32-52-55)23-20-38-10-16-41(26-44)17-11-38/h6-17,33-35,45,53H,5,18-32H2,1-4H3. The summed E-state index contributed by atoms with van der Waals surface area (Å²) in [6.07, 6.45) is 2.31. The Balaban J connectivity index is 1.34. The highest BCUT2D eigenvalue weighted by Gasteiger charge is 2.45. The first-order valence-corrected chi connectivity index (χ1v) is 26.9. The average Bonchev–Trinajstić information content (AvgIpc) is 3.22. The predicted octanol–water partition coefficient (Wildman–Crippen LogP) is 9.08. The van der Waals surface area contributed by atoms with Crippen molar-refractivity contribution in [3.05, 3.63) is 106 Å². The maximum absolute atomic E-state index is 10.7. The molecule has 55 heavy (non-hydrogen) atoms. The van der Waals surface area contributed by atoms with Crippen LogP contribution in [0.2, 0.25) is 18.1 Å². The zero-order chi connectivity index (χ0) is 39.5. The second-order valence-corrected chi connectivity index (χ2v) is 22.9. The minimum absolute atomic E-state index is 0.0323. The lowest BCUT2D eigenvalue weighted by Crippen LogP contribution is -2.52. The topological polar surface area (TPSA) is 84.8 Å². The van der Waals surface area contributed by atoms with Crippen molar-refractivity contribution in [3.8, 4) is 0 Å². The summed E-state index contributed by atoms with van der Waals surface area (Å²) in [5.41, 5.74) is 6.81. The van der Waals surface area contributed by atoms with Crippen LogP contribution in [-0.4, -0.2) is 77.9 Å². The minimum atomic E-state index is -3.17. The molecule has 14 heteroatoms. The van der Waals surface area contributed by atoms with Gasteiger partial charge in [-0.25, -0.2) is 0 Å². The van der Waals surface area contributed by atoms with Crippen LogP contribution in [0.4, 0.5) is 0 Å². The van der Waals surface area contributed by atoms with Gasteiger partial charge in [0.05, 0.1) is 0 Å². The molecule has 4 unspecified atom stereocenters. The third-order valence-electron chi connectivity index (χ3n) is 9.53. The molecule has 0 spiro atoms. The Labute approximate surface area is 348 Å². The Kier molecular flexibility index (Phi) is 20.9. The summed E-state index contributed by atoms with van der Waals surface area (Å²) in [4.78, 5) is 10.7. The van der Waals surface area contributed by atoms with Gasteiger partial charge in [-0.15, -0.1) is 34.8 Å². The third kappa shape index (κ3) is 16.6. The smallest absolute Gasteiger partial charge is 0.413 e. The summed E-state index contributed by atoms with van der Waals surface area (Å²) in [6, 6.07) is 26.8. The fourth-order valence-electron chi connectivity index (χ4n) is 6.02. The number of benzene rings is 3. The van der Waals surface area contributed by atoms with Gasteiger partial charge in [-0.2, -0.15) is 0 Å². The molecule has 1 fully saturated rings. The Hall–Kier alpha value is -1.14. The van der Waals surface area contributed by atoms with E-state index in [1.807, 2.05) is 19.1 Å². The Bertz CT molecular complexity index is 1480. The van der Waals surface area contributed by atoms with E-state index >= 15 is 0 Å². The maximum atomic E-state index is 10.7. The van der Waals surface area contributed by atoms with Crippen molar-refractivity contribution >= 4 is 61.7 Å². The van der Waals surface area contributed by atoms with Crippen molar-refractivity contribution in [2.45, 2.75) is 82.7 Å². The Morgan fingerprint density at radius 3 is 1.64 bits per heavy atom. The largest absolute Gasteiger partial charge is 0.501 e. The van der Waals surface area contributed by atoms with E-state index in [2.05, 4.69) is 81.4 Å². The van der Waals surface area contributed by atoms with E-state index < -0.39 is 26.9 Å². The fourth-order valence-corrected chi connectivity index (χ4v) is 13.5. The lowest BCUT2D eigenvalue weighted by atomic mass is 10.1. The van der Waals surface area contributed by atoms with Crippen molar-refractivity contribution < 1.29 is 35.8 Å². The normalized spacial score (nSPS) is 20.2. The van der Waals surface area contributed by atoms with E-state index in [4.69, 9.17) is 65.8 Å². The molecule has 1 aliphatic heterocycles. The van der Waals surface area contributed by atoms with Gasteiger partial charge in [-0.3, -0.25) is 0 Å². The van der Waals surface area contributed by atoms with Gasteiger partial charge < -0.3 is 35.8 Å². The van der Waals surface area contributed by atoms with Crippen molar-refractivity contribution in [1.29, 1.82) is 0 Å². The molecule has 0 saturated carbocycles. The second kappa shape index (κ2) is 24.7. The fraction of sp³-hybridized carbons (Fsp3) is 0.561. The molecule has 8 nitrogen and oxygen atoms in total. The zero-order valence-electron chi connectivity index (χ0n) is 33.0. The van der Waals surface area contributed by atoms with Crippen LogP contribution in [0.3, 0.4) is 0 Å². The van der Waals surface area contributed by atoms with Gasteiger partial charge in [0.25, 0.3) is 0 Å². The van der Waals surface area contributed by atoms with Gasteiger partial charge in [-0.05, 0) is 65.6 Å². The van der Waals surface area contributed by atoms with E-state index in [9.17, 15) is 4.80 Å². The molecule has 3 aromatic carbocycles. The highest BCUT2D eigenvalue weighted by molar-refractivity contribution is 6.61. The minimum Gasteiger partial charge on any atom is -0.413 e. The summed E-state index contributed by atoms with van der Waals surface area (Å²) in [5.74, 6) is 1.86. The molecule has 4 atom stereocenters. The molecular formula is C41H61Cl3O8Si3. The lowest BCUT2D eigenvalue weighted by molar-refractivity contribution is -0.0168. The van der Waals surface area contributed by atoms with E-state index in [1.54, 1.807) is 0 Å². The molecule has 1 aliphatic rings. The maximum Gasteiger partial charge on any atom is 0.501 e. The molecular weight excluding hydrogens is 811 g/mol. The molecule has 1 N–H and O–H groups in total. The van der Waals surface area contributed by atoms with Crippen LogP contribution in [0.5, 0.6) is 0 Å². The summed E-state index contributed by atoms with van der Waals surface area (Å²) in [6.45, 7) is 11.7. The van der Waals surface area contributed by atoms with Crippen LogP contribution in [0, 0.1) is 17.8 Å². The van der Waals surface area contributed by atoms with Gasteiger partial charge in [-0.1, -0.05) is 93.6 Å². The van der Waals surface area contributed by atoms with Crippen molar-refractivity contribution in [2.75, 3.05) is 46.2 Å². The first kappa shape index (κ1) is 46.5. The van der Waals surface area contributed by atoms with E-state index in [1.165, 1.54) is 16.7 Å². The number of hydrogen-bond acceptors (Lipinski definition) is 8. The first-order valence-electron chi connectivity index (χ1n) is 19.6. The number of hydrogen-bond donors (Lipinski definition) is 1. The Morgan fingerprint density at radius 2 is 1.15 bits per heavy atom. The van der Waals surface area contributed by atoms with Crippen LogP contribution >= 0.6 is 34.8 Å². The summed E-state index contributed by atoms with van der Waals surface area (Å²) < 4.78 is 45.3. The number of alkyl halides is 3. The van der Waals surface area contributed by atoms with E-state index in [0.717, 1.165) is 36.0 Å². The summed E-state index contributed by atoms with van der Waals surface area (Å²) >= 11 is 18.0. The molecule has 0 bridgehead atoms. The van der Waals surface area contributed by atoms with Crippen LogP contribution in [-0.2, 0) is 67.9 Å². The highest BCUT2D eigenvalue weighted by Crippen LogP contribution is 2.27. The highest BCUT2D eigenvalue weighted by atomic mass is 35.5. The molecule has 0 amide bonds. The van der Waals surface area contributed by atoms with Gasteiger partial charge in [0.15, 0.2) is 0 Å². The molecule has 3 aromatic rings. The number of aryl methyl sites for hydroxylation is 3. The number of halogens is 3.